The Morgan fingerprint density at radius 2 is 2.00 bits per heavy atom. The van der Waals surface area contributed by atoms with Gasteiger partial charge >= 0.3 is 5.97 Å². The zero-order valence-corrected chi connectivity index (χ0v) is 16.8. The standard InChI is InChI=1S/C18H22N2O5S2/c1-11-5-3-6-13(12(11)2)20-14-9-27(24,25)10-15(14)26-18(20)19-16(21)7-4-8-17(22)23/h3,5-6,14-15H,4,7-10H2,1-2H3,(H,22,23)/t14-,15+/m0/s1. The molecule has 3 rings (SSSR count). The molecule has 2 fully saturated rings. The van der Waals surface area contributed by atoms with E-state index >= 15 is 0 Å². The lowest BCUT2D eigenvalue weighted by Crippen LogP contribution is -2.38. The minimum atomic E-state index is -3.11. The van der Waals surface area contributed by atoms with Gasteiger partial charge in [-0.05, 0) is 37.5 Å². The van der Waals surface area contributed by atoms with Crippen molar-refractivity contribution in [2.24, 2.45) is 4.99 Å². The fourth-order valence-electron chi connectivity index (χ4n) is 3.40. The highest BCUT2D eigenvalue weighted by molar-refractivity contribution is 8.16. The van der Waals surface area contributed by atoms with Gasteiger partial charge in [0.1, 0.15) is 0 Å². The van der Waals surface area contributed by atoms with Crippen LogP contribution in [0.1, 0.15) is 30.4 Å². The third-order valence-corrected chi connectivity index (χ3v) is 8.11. The number of sulfone groups is 1. The van der Waals surface area contributed by atoms with Crippen LogP contribution in [0.2, 0.25) is 0 Å². The molecular weight excluding hydrogens is 388 g/mol. The van der Waals surface area contributed by atoms with Crippen molar-refractivity contribution in [1.29, 1.82) is 0 Å². The fraction of sp³-hybridized carbons (Fsp3) is 0.500. The molecule has 0 radical (unpaired) electrons. The Morgan fingerprint density at radius 3 is 2.70 bits per heavy atom. The van der Waals surface area contributed by atoms with Crippen molar-refractivity contribution in [2.45, 2.75) is 44.4 Å². The molecule has 2 saturated heterocycles. The number of thioether (sulfide) groups is 1. The first-order valence-corrected chi connectivity index (χ1v) is 11.4. The van der Waals surface area contributed by atoms with Gasteiger partial charge in [0.05, 0.1) is 17.5 Å². The highest BCUT2D eigenvalue weighted by Crippen LogP contribution is 2.42. The van der Waals surface area contributed by atoms with Gasteiger partial charge in [0.15, 0.2) is 15.0 Å². The number of carboxylic acids is 1. The smallest absolute Gasteiger partial charge is 0.303 e. The van der Waals surface area contributed by atoms with Crippen LogP contribution in [0.4, 0.5) is 5.69 Å². The van der Waals surface area contributed by atoms with E-state index in [1.165, 1.54) is 11.8 Å². The summed E-state index contributed by atoms with van der Waals surface area (Å²) in [5, 5.41) is 9.06. The van der Waals surface area contributed by atoms with E-state index in [2.05, 4.69) is 4.99 Å². The number of fused-ring (bicyclic) bond motifs is 1. The van der Waals surface area contributed by atoms with Crippen LogP contribution in [0.3, 0.4) is 0 Å². The molecule has 9 heteroatoms. The first kappa shape index (κ1) is 19.9. The van der Waals surface area contributed by atoms with E-state index < -0.39 is 15.8 Å². The molecule has 146 valence electrons. The number of anilines is 1. The number of aliphatic carboxylic acids is 1. The minimum Gasteiger partial charge on any atom is -0.481 e. The SMILES string of the molecule is Cc1cccc(N2C(=NC(=O)CCCC(=O)O)S[C@@H]3CS(=O)(=O)C[C@@H]32)c1C. The van der Waals surface area contributed by atoms with Crippen LogP contribution in [0.15, 0.2) is 23.2 Å². The zero-order chi connectivity index (χ0) is 19.8. The number of nitrogens with zero attached hydrogens (tertiary/aromatic N) is 2. The largest absolute Gasteiger partial charge is 0.481 e. The average Bonchev–Trinajstić information content (AvgIpc) is 3.01. The Hall–Kier alpha value is -1.87. The van der Waals surface area contributed by atoms with Crippen LogP contribution in [0.25, 0.3) is 0 Å². The lowest BCUT2D eigenvalue weighted by atomic mass is 10.1. The summed E-state index contributed by atoms with van der Waals surface area (Å²) in [5.41, 5.74) is 2.96. The number of aryl methyl sites for hydroxylation is 1. The van der Waals surface area contributed by atoms with Crippen LogP contribution < -0.4 is 4.90 Å². The van der Waals surface area contributed by atoms with E-state index in [9.17, 15) is 18.0 Å². The third-order valence-electron chi connectivity index (χ3n) is 4.90. The number of benzene rings is 1. The first-order chi connectivity index (χ1) is 12.7. The maximum absolute atomic E-state index is 12.2. The van der Waals surface area contributed by atoms with Crippen molar-refractivity contribution >= 4 is 44.3 Å². The van der Waals surface area contributed by atoms with E-state index in [4.69, 9.17) is 5.11 Å². The van der Waals surface area contributed by atoms with Gasteiger partial charge in [-0.1, -0.05) is 23.9 Å². The van der Waals surface area contributed by atoms with Gasteiger partial charge in [-0.2, -0.15) is 4.99 Å². The van der Waals surface area contributed by atoms with Crippen LogP contribution >= 0.6 is 11.8 Å². The highest BCUT2D eigenvalue weighted by atomic mass is 32.2. The average molecular weight is 411 g/mol. The Morgan fingerprint density at radius 1 is 1.26 bits per heavy atom. The zero-order valence-electron chi connectivity index (χ0n) is 15.2. The van der Waals surface area contributed by atoms with Crippen LogP contribution in [0.5, 0.6) is 0 Å². The lowest BCUT2D eigenvalue weighted by molar-refractivity contribution is -0.137. The second-order valence-electron chi connectivity index (χ2n) is 6.93. The summed E-state index contributed by atoms with van der Waals surface area (Å²) >= 11 is 1.33. The van der Waals surface area contributed by atoms with Gasteiger partial charge in [0.2, 0.25) is 5.91 Å². The molecule has 0 aliphatic carbocycles. The molecule has 0 bridgehead atoms. The summed E-state index contributed by atoms with van der Waals surface area (Å²) in [6, 6.07) is 5.57. The molecule has 1 amide bonds. The molecule has 2 aliphatic heterocycles. The number of carbonyl (C=O) groups is 2. The first-order valence-electron chi connectivity index (χ1n) is 8.74. The lowest BCUT2D eigenvalue weighted by Gasteiger charge is -2.26. The molecule has 0 spiro atoms. The predicted octanol–water partition coefficient (Wildman–Crippen LogP) is 2.16. The van der Waals surface area contributed by atoms with E-state index in [1.54, 1.807) is 0 Å². The number of hydrogen-bond donors (Lipinski definition) is 1. The Balaban J connectivity index is 1.91. The van der Waals surface area contributed by atoms with Gasteiger partial charge in [0, 0.05) is 23.8 Å². The maximum Gasteiger partial charge on any atom is 0.303 e. The summed E-state index contributed by atoms with van der Waals surface area (Å²) in [4.78, 5) is 28.9. The summed E-state index contributed by atoms with van der Waals surface area (Å²) in [6.45, 7) is 3.96. The number of hydrogen-bond acceptors (Lipinski definition) is 5. The van der Waals surface area contributed by atoms with E-state index in [0.29, 0.717) is 5.17 Å². The Kier molecular flexibility index (Phi) is 5.62. The molecule has 1 aromatic rings. The molecule has 0 unspecified atom stereocenters. The molecular formula is C18H22N2O5S2. The topological polar surface area (TPSA) is 104 Å². The number of amidine groups is 1. The van der Waals surface area contributed by atoms with Crippen LogP contribution in [-0.2, 0) is 19.4 Å². The van der Waals surface area contributed by atoms with Crippen molar-refractivity contribution in [3.63, 3.8) is 0 Å². The second kappa shape index (κ2) is 7.63. The molecule has 1 N–H and O–H groups in total. The van der Waals surface area contributed by atoms with Gasteiger partial charge in [-0.15, -0.1) is 0 Å². The molecule has 1 aromatic carbocycles. The second-order valence-corrected chi connectivity index (χ2v) is 10.3. The fourth-order valence-corrected chi connectivity index (χ4v) is 7.32. The van der Waals surface area contributed by atoms with Gasteiger partial charge in [0.25, 0.3) is 0 Å². The van der Waals surface area contributed by atoms with Gasteiger partial charge in [-0.25, -0.2) is 8.42 Å². The van der Waals surface area contributed by atoms with E-state index in [-0.39, 0.29) is 48.0 Å². The number of carbonyl (C=O) groups excluding carboxylic acids is 1. The molecule has 0 saturated carbocycles. The van der Waals surface area contributed by atoms with Crippen molar-refractivity contribution in [1.82, 2.24) is 0 Å². The molecule has 0 aromatic heterocycles. The molecule has 2 aliphatic rings. The number of carboxylic acid groups (broad SMARTS) is 1. The van der Waals surface area contributed by atoms with Crippen molar-refractivity contribution in [2.75, 3.05) is 16.4 Å². The molecule has 27 heavy (non-hydrogen) atoms. The van der Waals surface area contributed by atoms with Gasteiger partial charge in [-0.3, -0.25) is 9.59 Å². The van der Waals surface area contributed by atoms with Crippen LogP contribution in [0, 0.1) is 13.8 Å². The summed E-state index contributed by atoms with van der Waals surface area (Å²) < 4.78 is 24.2. The number of rotatable bonds is 5. The maximum atomic E-state index is 12.2. The van der Waals surface area contributed by atoms with Gasteiger partial charge < -0.3 is 10.0 Å². The monoisotopic (exact) mass is 410 g/mol. The molecule has 2 heterocycles. The summed E-state index contributed by atoms with van der Waals surface area (Å²) in [7, 11) is -3.11. The minimum absolute atomic E-state index is 0.0459. The van der Waals surface area contributed by atoms with Crippen LogP contribution in [-0.4, -0.2) is 53.4 Å². The summed E-state index contributed by atoms with van der Waals surface area (Å²) in [6.07, 6.45) is 0.221. The van der Waals surface area contributed by atoms with E-state index in [1.807, 2.05) is 36.9 Å². The van der Waals surface area contributed by atoms with Crippen molar-refractivity contribution in [3.8, 4) is 0 Å². The third kappa shape index (κ3) is 4.35. The van der Waals surface area contributed by atoms with Crippen molar-refractivity contribution in [3.05, 3.63) is 29.3 Å². The predicted molar refractivity (Wildman–Crippen MR) is 106 cm³/mol. The highest BCUT2D eigenvalue weighted by Gasteiger charge is 2.49. The Labute approximate surface area is 162 Å². The number of amides is 1. The quantitative estimate of drug-likeness (QED) is 0.793. The normalized spacial score (nSPS) is 25.0. The van der Waals surface area contributed by atoms with Crippen molar-refractivity contribution < 1.29 is 23.1 Å². The summed E-state index contributed by atoms with van der Waals surface area (Å²) in [5.74, 6) is -1.19. The number of aliphatic imine (C=N–C) groups is 1. The molecule has 7 nitrogen and oxygen atoms in total. The molecule has 2 atom stereocenters. The van der Waals surface area contributed by atoms with E-state index in [0.717, 1.165) is 16.8 Å². The Bertz CT molecular complexity index is 910.